The van der Waals surface area contributed by atoms with Crippen molar-refractivity contribution in [2.75, 3.05) is 26.7 Å². The largest absolute Gasteiger partial charge is 0.377 e. The highest BCUT2D eigenvalue weighted by atomic mass is 32.1. The van der Waals surface area contributed by atoms with Crippen LogP contribution in [0.25, 0.3) is 0 Å². The Kier molecular flexibility index (Phi) is 5.99. The molecule has 1 rings (SSSR count). The first-order valence-corrected chi connectivity index (χ1v) is 7.12. The summed E-state index contributed by atoms with van der Waals surface area (Å²) in [6.07, 6.45) is 0.246. The van der Waals surface area contributed by atoms with Crippen LogP contribution in [0.1, 0.15) is 34.0 Å². The van der Waals surface area contributed by atoms with E-state index in [0.717, 1.165) is 17.0 Å². The highest BCUT2D eigenvalue weighted by molar-refractivity contribution is 7.12. The normalized spacial score (nSPS) is 11.5. The van der Waals surface area contributed by atoms with Crippen molar-refractivity contribution in [1.82, 2.24) is 4.90 Å². The average Bonchev–Trinajstić information content (AvgIpc) is 2.57. The summed E-state index contributed by atoms with van der Waals surface area (Å²) in [5.74, 6) is 0.198. The molecule has 0 radical (unpaired) electrons. The van der Waals surface area contributed by atoms with Crippen LogP contribution in [0.2, 0.25) is 0 Å². The number of ketones is 1. The number of hydrogen-bond acceptors (Lipinski definition) is 4. The number of thiophene rings is 1. The summed E-state index contributed by atoms with van der Waals surface area (Å²) in [4.78, 5) is 16.4. The number of aryl methyl sites for hydroxylation is 2. The first-order chi connectivity index (χ1) is 8.40. The number of Topliss-reactive ketones (excluding diaryl/α,β-unsaturated/α-hetero) is 1. The van der Waals surface area contributed by atoms with E-state index in [1.54, 1.807) is 11.3 Å². The smallest absolute Gasteiger partial charge is 0.177 e. The van der Waals surface area contributed by atoms with Gasteiger partial charge in [0.2, 0.25) is 0 Å². The molecule has 0 spiro atoms. The van der Waals surface area contributed by atoms with Gasteiger partial charge < -0.3 is 4.74 Å². The number of hydrogen-bond donors (Lipinski definition) is 0. The third-order valence-electron chi connectivity index (χ3n) is 2.68. The predicted molar refractivity (Wildman–Crippen MR) is 76.7 cm³/mol. The maximum atomic E-state index is 12.1. The minimum atomic E-state index is 0.198. The van der Waals surface area contributed by atoms with Crippen LogP contribution in [0.4, 0.5) is 0 Å². The summed E-state index contributed by atoms with van der Waals surface area (Å²) in [5, 5.41) is 0. The fourth-order valence-electron chi connectivity index (χ4n) is 1.76. The van der Waals surface area contributed by atoms with E-state index in [1.165, 1.54) is 4.88 Å². The summed E-state index contributed by atoms with van der Waals surface area (Å²) < 4.78 is 5.48. The molecule has 18 heavy (non-hydrogen) atoms. The molecular formula is C14H23NO2S. The second-order valence-electron chi connectivity index (χ2n) is 4.91. The summed E-state index contributed by atoms with van der Waals surface area (Å²) in [6, 6.07) is 1.99. The second kappa shape index (κ2) is 7.02. The molecular weight excluding hydrogens is 246 g/mol. The van der Waals surface area contributed by atoms with Gasteiger partial charge in [-0.25, -0.2) is 0 Å². The van der Waals surface area contributed by atoms with Gasteiger partial charge in [-0.05, 0) is 40.8 Å². The molecule has 0 aliphatic rings. The molecule has 0 atom stereocenters. The van der Waals surface area contributed by atoms with E-state index in [4.69, 9.17) is 4.74 Å². The fraction of sp³-hybridized carbons (Fsp3) is 0.643. The monoisotopic (exact) mass is 269 g/mol. The molecule has 0 aromatic carbocycles. The Morgan fingerprint density at radius 3 is 2.61 bits per heavy atom. The molecule has 0 N–H and O–H groups in total. The molecule has 0 amide bonds. The van der Waals surface area contributed by atoms with Crippen molar-refractivity contribution in [1.29, 1.82) is 0 Å². The van der Waals surface area contributed by atoms with Gasteiger partial charge in [0.1, 0.15) is 0 Å². The molecule has 0 saturated heterocycles. The van der Waals surface area contributed by atoms with E-state index in [0.29, 0.717) is 13.2 Å². The lowest BCUT2D eigenvalue weighted by atomic mass is 10.1. The van der Waals surface area contributed by atoms with Crippen LogP contribution >= 0.6 is 11.3 Å². The summed E-state index contributed by atoms with van der Waals surface area (Å²) >= 11 is 1.68. The lowest BCUT2D eigenvalue weighted by Crippen LogP contribution is -2.30. The summed E-state index contributed by atoms with van der Waals surface area (Å²) in [6.45, 7) is 9.99. The van der Waals surface area contributed by atoms with Gasteiger partial charge in [0, 0.05) is 21.9 Å². The topological polar surface area (TPSA) is 29.5 Å². The predicted octanol–water partition coefficient (Wildman–Crippen LogP) is 2.90. The van der Waals surface area contributed by atoms with Crippen molar-refractivity contribution in [2.45, 2.75) is 33.8 Å². The summed E-state index contributed by atoms with van der Waals surface area (Å²) in [7, 11) is 1.95. The SMILES string of the molecule is Cc1cc(C(=O)CN(C)CCOC(C)C)c(C)s1. The molecule has 0 fully saturated rings. The van der Waals surface area contributed by atoms with Gasteiger partial charge in [-0.15, -0.1) is 11.3 Å². The Bertz CT molecular complexity index is 398. The Labute approximate surface area is 114 Å². The van der Waals surface area contributed by atoms with Crippen LogP contribution in [-0.2, 0) is 4.74 Å². The molecule has 102 valence electrons. The fourth-order valence-corrected chi connectivity index (χ4v) is 2.70. The highest BCUT2D eigenvalue weighted by Gasteiger charge is 2.13. The van der Waals surface area contributed by atoms with Gasteiger partial charge >= 0.3 is 0 Å². The van der Waals surface area contributed by atoms with Gasteiger partial charge in [0.15, 0.2) is 5.78 Å². The molecule has 4 heteroatoms. The molecule has 0 bridgehead atoms. The van der Waals surface area contributed by atoms with Crippen molar-refractivity contribution in [3.05, 3.63) is 21.4 Å². The average molecular weight is 269 g/mol. The molecule has 1 aromatic rings. The molecule has 1 heterocycles. The van der Waals surface area contributed by atoms with Gasteiger partial charge in [0.25, 0.3) is 0 Å². The van der Waals surface area contributed by atoms with E-state index in [9.17, 15) is 4.79 Å². The third kappa shape index (κ3) is 4.88. The lowest BCUT2D eigenvalue weighted by molar-refractivity contribution is 0.0619. The van der Waals surface area contributed by atoms with Gasteiger partial charge in [-0.3, -0.25) is 9.69 Å². The first-order valence-electron chi connectivity index (χ1n) is 6.30. The van der Waals surface area contributed by atoms with Crippen molar-refractivity contribution in [3.63, 3.8) is 0 Å². The number of likely N-dealkylation sites (N-methyl/N-ethyl adjacent to an activating group) is 1. The molecule has 1 aromatic heterocycles. The Hall–Kier alpha value is -0.710. The van der Waals surface area contributed by atoms with Crippen LogP contribution in [-0.4, -0.2) is 43.5 Å². The van der Waals surface area contributed by atoms with Crippen LogP contribution in [0.5, 0.6) is 0 Å². The van der Waals surface area contributed by atoms with E-state index in [1.807, 2.05) is 45.7 Å². The second-order valence-corrected chi connectivity index (χ2v) is 6.37. The van der Waals surface area contributed by atoms with Crippen LogP contribution < -0.4 is 0 Å². The van der Waals surface area contributed by atoms with Crippen LogP contribution in [0.3, 0.4) is 0 Å². The minimum absolute atomic E-state index is 0.198. The highest BCUT2D eigenvalue weighted by Crippen LogP contribution is 2.21. The van der Waals surface area contributed by atoms with Gasteiger partial charge in [-0.2, -0.15) is 0 Å². The standard InChI is InChI=1S/C14H23NO2S/c1-10(2)17-7-6-15(5)9-14(16)13-8-11(3)18-12(13)4/h8,10H,6-7,9H2,1-5H3. The minimum Gasteiger partial charge on any atom is -0.377 e. The van der Waals surface area contributed by atoms with Crippen LogP contribution in [0, 0.1) is 13.8 Å². The van der Waals surface area contributed by atoms with E-state index >= 15 is 0 Å². The third-order valence-corrected chi connectivity index (χ3v) is 3.65. The van der Waals surface area contributed by atoms with Crippen LogP contribution in [0.15, 0.2) is 6.07 Å². The molecule has 0 saturated carbocycles. The number of carbonyl (C=O) groups is 1. The van der Waals surface area contributed by atoms with E-state index in [-0.39, 0.29) is 11.9 Å². The zero-order valence-electron chi connectivity index (χ0n) is 11.9. The Balaban J connectivity index is 2.42. The number of ether oxygens (including phenoxy) is 1. The van der Waals surface area contributed by atoms with Crippen molar-refractivity contribution >= 4 is 17.1 Å². The van der Waals surface area contributed by atoms with Crippen molar-refractivity contribution in [2.24, 2.45) is 0 Å². The van der Waals surface area contributed by atoms with Crippen molar-refractivity contribution < 1.29 is 9.53 Å². The number of rotatable bonds is 7. The quantitative estimate of drug-likeness (QED) is 0.713. The van der Waals surface area contributed by atoms with Crippen molar-refractivity contribution in [3.8, 4) is 0 Å². The van der Waals surface area contributed by atoms with Gasteiger partial charge in [0.05, 0.1) is 19.3 Å². The first kappa shape index (κ1) is 15.3. The Morgan fingerprint density at radius 2 is 2.11 bits per heavy atom. The molecule has 0 unspecified atom stereocenters. The zero-order chi connectivity index (χ0) is 13.7. The van der Waals surface area contributed by atoms with Gasteiger partial charge in [-0.1, -0.05) is 0 Å². The molecule has 0 aliphatic heterocycles. The number of carbonyl (C=O) groups excluding carboxylic acids is 1. The number of nitrogens with zero attached hydrogens (tertiary/aromatic N) is 1. The summed E-state index contributed by atoms with van der Waals surface area (Å²) in [5.41, 5.74) is 0.870. The van der Waals surface area contributed by atoms with E-state index in [2.05, 4.69) is 0 Å². The Morgan fingerprint density at radius 1 is 1.44 bits per heavy atom. The maximum absolute atomic E-state index is 12.1. The maximum Gasteiger partial charge on any atom is 0.177 e. The molecule has 3 nitrogen and oxygen atoms in total. The molecule has 0 aliphatic carbocycles. The lowest BCUT2D eigenvalue weighted by Gasteiger charge is -2.16. The zero-order valence-corrected chi connectivity index (χ0v) is 12.8. The van der Waals surface area contributed by atoms with E-state index < -0.39 is 0 Å².